The van der Waals surface area contributed by atoms with Crippen LogP contribution in [0, 0.1) is 4.77 Å². The zero-order valence-corrected chi connectivity index (χ0v) is 14.9. The molecule has 0 aliphatic heterocycles. The predicted molar refractivity (Wildman–Crippen MR) is 96.9 cm³/mol. The summed E-state index contributed by atoms with van der Waals surface area (Å²) >= 11 is 5.26. The number of esters is 1. The molecule has 1 aromatic heterocycles. The van der Waals surface area contributed by atoms with Crippen LogP contribution < -0.4 is 10.9 Å². The molecule has 2 rings (SSSR count). The minimum Gasteiger partial charge on any atom is -0.468 e. The average molecular weight is 363 g/mol. The van der Waals surface area contributed by atoms with Crippen molar-refractivity contribution in [2.45, 2.75) is 32.2 Å². The maximum atomic E-state index is 12.5. The van der Waals surface area contributed by atoms with E-state index in [0.29, 0.717) is 29.5 Å². The number of carbonyl (C=O) groups excluding carboxylic acids is 2. The SMILES string of the molecule is COC(=O)CNC(=O)CCCCCn1c(=S)[nH]c2ccccc2c1=O. The summed E-state index contributed by atoms with van der Waals surface area (Å²) in [6, 6.07) is 7.26. The number of carbonyl (C=O) groups is 2. The Bertz CT molecular complexity index is 872. The average Bonchev–Trinajstić information content (AvgIpc) is 2.61. The standard InChI is InChI=1S/C17H21N3O4S/c1-24-15(22)11-18-14(21)9-3-2-6-10-20-16(23)12-7-4-5-8-13(12)19-17(20)25/h4-5,7-8H,2-3,6,9-11H2,1H3,(H,18,21)(H,19,25). The van der Waals surface area contributed by atoms with Crippen LogP contribution in [-0.4, -0.2) is 35.1 Å². The maximum absolute atomic E-state index is 12.5. The van der Waals surface area contributed by atoms with Crippen LogP contribution in [0.3, 0.4) is 0 Å². The van der Waals surface area contributed by atoms with Crippen LogP contribution in [0.5, 0.6) is 0 Å². The van der Waals surface area contributed by atoms with Gasteiger partial charge in [-0.2, -0.15) is 0 Å². The van der Waals surface area contributed by atoms with Crippen molar-refractivity contribution in [1.82, 2.24) is 14.9 Å². The molecular weight excluding hydrogens is 342 g/mol. The molecule has 0 bridgehead atoms. The van der Waals surface area contributed by atoms with E-state index in [2.05, 4.69) is 15.0 Å². The third-order valence-electron chi connectivity index (χ3n) is 3.83. The van der Waals surface area contributed by atoms with Gasteiger partial charge in [0.2, 0.25) is 5.91 Å². The maximum Gasteiger partial charge on any atom is 0.325 e. The van der Waals surface area contributed by atoms with Crippen LogP contribution in [0.15, 0.2) is 29.1 Å². The molecule has 1 aromatic carbocycles. The molecule has 0 radical (unpaired) electrons. The number of methoxy groups -OCH3 is 1. The summed E-state index contributed by atoms with van der Waals surface area (Å²) < 4.78 is 6.40. The number of hydrogen-bond acceptors (Lipinski definition) is 5. The number of nitrogens with zero attached hydrogens (tertiary/aromatic N) is 1. The van der Waals surface area contributed by atoms with Crippen molar-refractivity contribution in [2.24, 2.45) is 0 Å². The number of unbranched alkanes of at least 4 members (excludes halogenated alkanes) is 2. The van der Waals surface area contributed by atoms with Gasteiger partial charge in [-0.05, 0) is 37.2 Å². The van der Waals surface area contributed by atoms with Gasteiger partial charge in [0.1, 0.15) is 6.54 Å². The molecule has 0 unspecified atom stereocenters. The number of aromatic amines is 1. The number of benzene rings is 1. The molecule has 0 aliphatic carbocycles. The highest BCUT2D eigenvalue weighted by atomic mass is 32.1. The zero-order valence-electron chi connectivity index (χ0n) is 14.0. The molecule has 8 heteroatoms. The molecule has 0 aliphatic rings. The summed E-state index contributed by atoms with van der Waals surface area (Å²) in [5.41, 5.74) is 0.631. The normalized spacial score (nSPS) is 10.6. The summed E-state index contributed by atoms with van der Waals surface area (Å²) in [6.07, 6.45) is 2.52. The highest BCUT2D eigenvalue weighted by molar-refractivity contribution is 7.71. The number of fused-ring (bicyclic) bond motifs is 1. The lowest BCUT2D eigenvalue weighted by Crippen LogP contribution is -2.29. The fourth-order valence-corrected chi connectivity index (χ4v) is 2.75. The number of ether oxygens (including phenoxy) is 1. The van der Waals surface area contributed by atoms with Crippen molar-refractivity contribution < 1.29 is 14.3 Å². The molecule has 25 heavy (non-hydrogen) atoms. The summed E-state index contributed by atoms with van der Waals surface area (Å²) in [5.74, 6) is -0.663. The minimum atomic E-state index is -0.474. The first-order valence-corrected chi connectivity index (χ1v) is 8.49. The van der Waals surface area contributed by atoms with Crippen molar-refractivity contribution in [3.63, 3.8) is 0 Å². The van der Waals surface area contributed by atoms with E-state index in [4.69, 9.17) is 12.2 Å². The molecule has 0 saturated heterocycles. The van der Waals surface area contributed by atoms with Crippen LogP contribution in [0.4, 0.5) is 0 Å². The van der Waals surface area contributed by atoms with Gasteiger partial charge in [0.05, 0.1) is 18.0 Å². The Hall–Kier alpha value is -2.48. The lowest BCUT2D eigenvalue weighted by atomic mass is 10.2. The van der Waals surface area contributed by atoms with Crippen LogP contribution in [0.25, 0.3) is 10.9 Å². The molecule has 0 saturated carbocycles. The van der Waals surface area contributed by atoms with Crippen molar-refractivity contribution in [3.05, 3.63) is 39.4 Å². The number of hydrogen-bond donors (Lipinski definition) is 2. The van der Waals surface area contributed by atoms with E-state index in [0.717, 1.165) is 18.4 Å². The number of para-hydroxylation sites is 1. The first-order chi connectivity index (χ1) is 12.0. The Kier molecular flexibility index (Phi) is 6.88. The molecule has 0 atom stereocenters. The van der Waals surface area contributed by atoms with Crippen molar-refractivity contribution in [1.29, 1.82) is 0 Å². The summed E-state index contributed by atoms with van der Waals surface area (Å²) in [7, 11) is 1.27. The van der Waals surface area contributed by atoms with Crippen molar-refractivity contribution in [2.75, 3.05) is 13.7 Å². The van der Waals surface area contributed by atoms with E-state index < -0.39 is 5.97 Å². The highest BCUT2D eigenvalue weighted by Crippen LogP contribution is 2.07. The van der Waals surface area contributed by atoms with Crippen LogP contribution in [0.2, 0.25) is 0 Å². The Morgan fingerprint density at radius 2 is 2.00 bits per heavy atom. The van der Waals surface area contributed by atoms with E-state index in [-0.39, 0.29) is 18.0 Å². The van der Waals surface area contributed by atoms with E-state index in [1.807, 2.05) is 18.2 Å². The van der Waals surface area contributed by atoms with Gasteiger partial charge >= 0.3 is 5.97 Å². The third-order valence-corrected chi connectivity index (χ3v) is 4.15. The van der Waals surface area contributed by atoms with Crippen LogP contribution in [-0.2, 0) is 20.9 Å². The van der Waals surface area contributed by atoms with E-state index in [1.54, 1.807) is 10.6 Å². The van der Waals surface area contributed by atoms with Gasteiger partial charge in [-0.3, -0.25) is 19.0 Å². The second-order valence-electron chi connectivity index (χ2n) is 5.60. The van der Waals surface area contributed by atoms with Crippen molar-refractivity contribution in [3.8, 4) is 0 Å². The minimum absolute atomic E-state index is 0.102. The van der Waals surface area contributed by atoms with Gasteiger partial charge in [-0.15, -0.1) is 0 Å². The zero-order chi connectivity index (χ0) is 18.2. The summed E-state index contributed by atoms with van der Waals surface area (Å²) in [5, 5.41) is 3.10. The first-order valence-electron chi connectivity index (χ1n) is 8.08. The number of rotatable bonds is 8. The Morgan fingerprint density at radius 1 is 1.24 bits per heavy atom. The molecule has 1 amide bonds. The van der Waals surface area contributed by atoms with Gasteiger partial charge < -0.3 is 15.0 Å². The van der Waals surface area contributed by atoms with Gasteiger partial charge in [0, 0.05) is 13.0 Å². The lowest BCUT2D eigenvalue weighted by Gasteiger charge is -2.08. The third kappa shape index (κ3) is 5.25. The number of H-pyrrole nitrogens is 1. The fourth-order valence-electron chi connectivity index (χ4n) is 2.47. The molecule has 0 fully saturated rings. The van der Waals surface area contributed by atoms with Crippen molar-refractivity contribution >= 4 is 35.0 Å². The lowest BCUT2D eigenvalue weighted by molar-refractivity contribution is -0.141. The van der Waals surface area contributed by atoms with E-state index >= 15 is 0 Å². The monoisotopic (exact) mass is 363 g/mol. The fraction of sp³-hybridized carbons (Fsp3) is 0.412. The highest BCUT2D eigenvalue weighted by Gasteiger charge is 2.06. The molecule has 0 spiro atoms. The molecule has 134 valence electrons. The van der Waals surface area contributed by atoms with Crippen LogP contribution >= 0.6 is 12.2 Å². The van der Waals surface area contributed by atoms with Gasteiger partial charge in [0.25, 0.3) is 5.56 Å². The molecule has 1 heterocycles. The number of nitrogens with one attached hydrogen (secondary N) is 2. The quantitative estimate of drug-likeness (QED) is 0.424. The second kappa shape index (κ2) is 9.12. The predicted octanol–water partition coefficient (Wildman–Crippen LogP) is 1.91. The summed E-state index contributed by atoms with van der Waals surface area (Å²) in [4.78, 5) is 38.0. The second-order valence-corrected chi connectivity index (χ2v) is 5.98. The van der Waals surface area contributed by atoms with Crippen LogP contribution in [0.1, 0.15) is 25.7 Å². The number of aromatic nitrogens is 2. The molecule has 2 N–H and O–H groups in total. The Labute approximate surface area is 150 Å². The molecule has 2 aromatic rings. The smallest absolute Gasteiger partial charge is 0.325 e. The first kappa shape index (κ1) is 18.9. The summed E-state index contributed by atoms with van der Waals surface area (Å²) in [6.45, 7) is 0.389. The van der Waals surface area contributed by atoms with E-state index in [9.17, 15) is 14.4 Å². The molecule has 7 nitrogen and oxygen atoms in total. The van der Waals surface area contributed by atoms with Gasteiger partial charge in [0.15, 0.2) is 4.77 Å². The number of amides is 1. The topological polar surface area (TPSA) is 93.2 Å². The molecular formula is C17H21N3O4S. The Morgan fingerprint density at radius 3 is 2.76 bits per heavy atom. The largest absolute Gasteiger partial charge is 0.468 e. The van der Waals surface area contributed by atoms with E-state index in [1.165, 1.54) is 7.11 Å². The Balaban J connectivity index is 1.82. The van der Waals surface area contributed by atoms with Gasteiger partial charge in [-0.25, -0.2) is 0 Å². The van der Waals surface area contributed by atoms with Gasteiger partial charge in [-0.1, -0.05) is 18.6 Å².